The van der Waals surface area contributed by atoms with Crippen LogP contribution < -0.4 is 11.3 Å². The fourth-order valence-electron chi connectivity index (χ4n) is 2.21. The third-order valence-corrected chi connectivity index (χ3v) is 4.55. The number of rotatable bonds is 2. The van der Waals surface area contributed by atoms with Crippen LogP contribution in [0.5, 0.6) is 0 Å². The number of ether oxygens (including phenoxy) is 1. The molecule has 4 atom stereocenters. The molecule has 5 N–H and O–H groups in total. The fraction of sp³-hybridized carbons (Fsp3) is 0.500. The first-order chi connectivity index (χ1) is 9.52. The van der Waals surface area contributed by atoms with Gasteiger partial charge in [-0.2, -0.15) is 4.98 Å². The second-order valence-electron chi connectivity index (χ2n) is 4.46. The van der Waals surface area contributed by atoms with E-state index in [2.05, 4.69) is 15.0 Å². The summed E-state index contributed by atoms with van der Waals surface area (Å²) in [5.74, 6) is -0.0217. The maximum atomic E-state index is 11.7. The van der Waals surface area contributed by atoms with Crippen LogP contribution in [0.15, 0.2) is 11.1 Å². The van der Waals surface area contributed by atoms with Crippen molar-refractivity contribution in [3.8, 4) is 0 Å². The van der Waals surface area contributed by atoms with Crippen LogP contribution in [0.25, 0.3) is 11.2 Å². The standard InChI is InChI=1S/C10H12IN5O4/c11-4-6(18)3(1-17)20-9(4)16-2-13-5-7(16)14-10(12)15-8(5)19/h2-4,6,9,17-18H,1H2,(H3,12,14,15,19)/t3-,4?,6?,9-/m1/s1. The third-order valence-electron chi connectivity index (χ3n) is 3.20. The topological polar surface area (TPSA) is 139 Å². The maximum absolute atomic E-state index is 11.7. The number of nitrogens with one attached hydrogen (secondary N) is 1. The van der Waals surface area contributed by atoms with Gasteiger partial charge in [0.15, 0.2) is 17.4 Å². The lowest BCUT2D eigenvalue weighted by Gasteiger charge is -2.16. The molecule has 2 aromatic heterocycles. The molecular formula is C10H12IN5O4. The highest BCUT2D eigenvalue weighted by atomic mass is 127. The van der Waals surface area contributed by atoms with E-state index < -0.39 is 24.0 Å². The molecule has 1 saturated heterocycles. The molecule has 0 spiro atoms. The zero-order valence-electron chi connectivity index (χ0n) is 10.1. The summed E-state index contributed by atoms with van der Waals surface area (Å²) in [6, 6.07) is 0. The number of hydrogen-bond donors (Lipinski definition) is 4. The smallest absolute Gasteiger partial charge is 0.280 e. The molecule has 0 aromatic carbocycles. The number of fused-ring (bicyclic) bond motifs is 1. The van der Waals surface area contributed by atoms with Crippen molar-refractivity contribution < 1.29 is 14.9 Å². The zero-order chi connectivity index (χ0) is 14.4. The number of H-pyrrole nitrogens is 1. The Morgan fingerprint density at radius 1 is 1.60 bits per heavy atom. The van der Waals surface area contributed by atoms with Crippen molar-refractivity contribution in [2.45, 2.75) is 22.4 Å². The van der Waals surface area contributed by atoms with Gasteiger partial charge in [0.05, 0.1) is 23.0 Å². The van der Waals surface area contributed by atoms with Gasteiger partial charge < -0.3 is 20.7 Å². The number of aromatic amines is 1. The van der Waals surface area contributed by atoms with Crippen molar-refractivity contribution in [3.63, 3.8) is 0 Å². The van der Waals surface area contributed by atoms with Gasteiger partial charge in [-0.05, 0) is 0 Å². The van der Waals surface area contributed by atoms with E-state index in [1.54, 1.807) is 0 Å². The Labute approximate surface area is 125 Å². The Kier molecular flexibility index (Phi) is 3.40. The van der Waals surface area contributed by atoms with Crippen molar-refractivity contribution in [2.75, 3.05) is 12.3 Å². The lowest BCUT2D eigenvalue weighted by molar-refractivity contribution is -0.0429. The van der Waals surface area contributed by atoms with Gasteiger partial charge in [0, 0.05) is 0 Å². The van der Waals surface area contributed by atoms with Crippen LogP contribution in [0.1, 0.15) is 6.23 Å². The number of aromatic nitrogens is 4. The average Bonchev–Trinajstić information content (AvgIpc) is 2.93. The van der Waals surface area contributed by atoms with Crippen LogP contribution in [0.3, 0.4) is 0 Å². The minimum Gasteiger partial charge on any atom is -0.394 e. The van der Waals surface area contributed by atoms with Crippen LogP contribution in [0.2, 0.25) is 0 Å². The number of alkyl halides is 1. The number of aliphatic hydroxyl groups excluding tert-OH is 2. The molecule has 1 fully saturated rings. The van der Waals surface area contributed by atoms with Crippen molar-refractivity contribution in [3.05, 3.63) is 16.7 Å². The molecule has 2 unspecified atom stereocenters. The Morgan fingerprint density at radius 3 is 3.00 bits per heavy atom. The van der Waals surface area contributed by atoms with Gasteiger partial charge >= 0.3 is 0 Å². The lowest BCUT2D eigenvalue weighted by atomic mass is 10.2. The van der Waals surface area contributed by atoms with Gasteiger partial charge in [0.2, 0.25) is 5.95 Å². The number of hydrogen-bond acceptors (Lipinski definition) is 7. The lowest BCUT2D eigenvalue weighted by Crippen LogP contribution is -2.29. The van der Waals surface area contributed by atoms with Crippen molar-refractivity contribution in [1.82, 2.24) is 19.5 Å². The Hall–Kier alpha value is -1.24. The monoisotopic (exact) mass is 393 g/mol. The molecule has 2 aromatic rings. The van der Waals surface area contributed by atoms with Crippen LogP contribution in [0.4, 0.5) is 5.95 Å². The van der Waals surface area contributed by atoms with Crippen LogP contribution in [0, 0.1) is 0 Å². The molecule has 1 aliphatic rings. The van der Waals surface area contributed by atoms with Crippen molar-refractivity contribution in [2.24, 2.45) is 0 Å². The van der Waals surface area contributed by atoms with Gasteiger partial charge in [0.1, 0.15) is 6.10 Å². The number of imidazole rings is 1. The normalized spacial score (nSPS) is 30.1. The van der Waals surface area contributed by atoms with E-state index in [1.165, 1.54) is 10.9 Å². The summed E-state index contributed by atoms with van der Waals surface area (Å²) in [6.07, 6.45) is -0.669. The summed E-state index contributed by atoms with van der Waals surface area (Å²) in [5.41, 5.74) is 5.52. The van der Waals surface area contributed by atoms with Gasteiger partial charge in [-0.1, -0.05) is 22.6 Å². The number of anilines is 1. The van der Waals surface area contributed by atoms with E-state index in [9.17, 15) is 9.90 Å². The first-order valence-electron chi connectivity index (χ1n) is 5.83. The van der Waals surface area contributed by atoms with E-state index in [1.807, 2.05) is 22.6 Å². The average molecular weight is 393 g/mol. The fourth-order valence-corrected chi connectivity index (χ4v) is 3.19. The maximum Gasteiger partial charge on any atom is 0.280 e. The van der Waals surface area contributed by atoms with Gasteiger partial charge in [-0.25, -0.2) is 4.98 Å². The minimum absolute atomic E-state index is 0.0217. The highest BCUT2D eigenvalue weighted by Crippen LogP contribution is 2.35. The Morgan fingerprint density at radius 2 is 2.35 bits per heavy atom. The second-order valence-corrected chi connectivity index (χ2v) is 5.90. The number of nitrogens with two attached hydrogens (primary N) is 1. The summed E-state index contributed by atoms with van der Waals surface area (Å²) in [5, 5.41) is 19.1. The predicted molar refractivity (Wildman–Crippen MR) is 77.4 cm³/mol. The highest BCUT2D eigenvalue weighted by molar-refractivity contribution is 14.1. The number of nitrogens with zero attached hydrogens (tertiary/aromatic N) is 3. The molecule has 0 bridgehead atoms. The zero-order valence-corrected chi connectivity index (χ0v) is 12.3. The molecule has 3 heterocycles. The number of halogens is 1. The molecule has 3 rings (SSSR count). The van der Waals surface area contributed by atoms with E-state index >= 15 is 0 Å². The summed E-state index contributed by atoms with van der Waals surface area (Å²) in [4.78, 5) is 22.1. The molecular weight excluding hydrogens is 381 g/mol. The summed E-state index contributed by atoms with van der Waals surface area (Å²) in [7, 11) is 0. The molecule has 10 heteroatoms. The highest BCUT2D eigenvalue weighted by Gasteiger charge is 2.43. The summed E-state index contributed by atoms with van der Waals surface area (Å²) >= 11 is 2.03. The molecule has 9 nitrogen and oxygen atoms in total. The largest absolute Gasteiger partial charge is 0.394 e. The van der Waals surface area contributed by atoms with Crippen LogP contribution in [-0.2, 0) is 4.74 Å². The second kappa shape index (κ2) is 4.95. The molecule has 0 amide bonds. The van der Waals surface area contributed by atoms with Gasteiger partial charge in [-0.15, -0.1) is 0 Å². The van der Waals surface area contributed by atoms with Crippen LogP contribution in [-0.4, -0.2) is 52.5 Å². The summed E-state index contributed by atoms with van der Waals surface area (Å²) in [6.45, 7) is -0.292. The van der Waals surface area contributed by atoms with E-state index in [-0.39, 0.29) is 27.6 Å². The molecule has 108 valence electrons. The number of aliphatic hydroxyl groups is 2. The van der Waals surface area contributed by atoms with Gasteiger partial charge in [-0.3, -0.25) is 14.3 Å². The van der Waals surface area contributed by atoms with Crippen molar-refractivity contribution >= 4 is 39.7 Å². The molecule has 1 aliphatic heterocycles. The van der Waals surface area contributed by atoms with E-state index in [4.69, 9.17) is 15.6 Å². The molecule has 0 radical (unpaired) electrons. The first kappa shape index (κ1) is 13.7. The van der Waals surface area contributed by atoms with E-state index in [0.717, 1.165) is 0 Å². The first-order valence-corrected chi connectivity index (χ1v) is 7.08. The Bertz CT molecular complexity index is 701. The Balaban J connectivity index is 2.09. The molecule has 0 saturated carbocycles. The van der Waals surface area contributed by atoms with Gasteiger partial charge in [0.25, 0.3) is 5.56 Å². The third kappa shape index (κ3) is 1.99. The summed E-state index contributed by atoms with van der Waals surface area (Å²) < 4.78 is 6.81. The SMILES string of the molecule is Nc1nc2c(ncn2[C@@H]2O[C@H](CO)C(O)C2I)c(=O)[nH]1. The van der Waals surface area contributed by atoms with Crippen molar-refractivity contribution in [1.29, 1.82) is 0 Å². The van der Waals surface area contributed by atoms with Crippen LogP contribution >= 0.6 is 22.6 Å². The predicted octanol–water partition coefficient (Wildman–Crippen LogP) is -1.24. The molecule has 20 heavy (non-hydrogen) atoms. The quantitative estimate of drug-likeness (QED) is 0.370. The van der Waals surface area contributed by atoms with E-state index in [0.29, 0.717) is 0 Å². The minimum atomic E-state index is -0.817. The number of nitrogen functional groups attached to an aromatic ring is 1. The molecule has 0 aliphatic carbocycles.